The van der Waals surface area contributed by atoms with Gasteiger partial charge in [0.05, 0.1) is 0 Å². The molecule has 2 aliphatic heterocycles. The monoisotopic (exact) mass is 195 g/mol. The molecule has 76 valence electrons. The molecular weight excluding hydrogens is 182 g/mol. The quantitative estimate of drug-likeness (QED) is 0.462. The fourth-order valence-corrected chi connectivity index (χ4v) is 2.14. The van der Waals surface area contributed by atoms with Gasteiger partial charge >= 0.3 is 0 Å². The number of likely N-dealkylation sites (tertiary alicyclic amines) is 1. The lowest BCUT2D eigenvalue weighted by atomic mass is 9.87. The molecule has 0 saturated carbocycles. The van der Waals surface area contributed by atoms with Gasteiger partial charge in [-0.1, -0.05) is 0 Å². The predicted octanol–water partition coefficient (Wildman–Crippen LogP) is -0.822. The lowest BCUT2D eigenvalue weighted by Crippen LogP contribution is -2.71. The summed E-state index contributed by atoms with van der Waals surface area (Å²) < 4.78 is 0. The first-order valence-corrected chi connectivity index (χ1v) is 4.72. The van der Waals surface area contributed by atoms with Crippen LogP contribution < -0.4 is 5.32 Å². The van der Waals surface area contributed by atoms with Crippen LogP contribution in [0.15, 0.2) is 4.99 Å². The van der Waals surface area contributed by atoms with Gasteiger partial charge in [0.2, 0.25) is 5.91 Å². The topological polar surface area (TPSA) is 61.8 Å². The second kappa shape index (κ2) is 3.16. The van der Waals surface area contributed by atoms with Crippen molar-refractivity contribution >= 4 is 18.5 Å². The Morgan fingerprint density at radius 3 is 3.00 bits per heavy atom. The standard InChI is InChI=1S/C9H13N3O2/c1-10-7(13)5-12-6-9(8(12)14)3-2-4-11-9/h11H,1-6H2. The molecule has 14 heavy (non-hydrogen) atoms. The third kappa shape index (κ3) is 1.24. The largest absolute Gasteiger partial charge is 0.329 e. The third-order valence-electron chi connectivity index (χ3n) is 2.90. The maximum atomic E-state index is 11.7. The highest BCUT2D eigenvalue weighted by Crippen LogP contribution is 2.30. The van der Waals surface area contributed by atoms with Gasteiger partial charge in [0.25, 0.3) is 5.91 Å². The number of nitrogens with zero attached hydrogens (tertiary/aromatic N) is 2. The summed E-state index contributed by atoms with van der Waals surface area (Å²) in [5.41, 5.74) is -0.346. The van der Waals surface area contributed by atoms with Crippen molar-refractivity contribution in [3.63, 3.8) is 0 Å². The average Bonchev–Trinajstić information content (AvgIpc) is 2.67. The summed E-state index contributed by atoms with van der Waals surface area (Å²) in [5.74, 6) is -0.307. The predicted molar refractivity (Wildman–Crippen MR) is 51.1 cm³/mol. The first-order chi connectivity index (χ1) is 6.68. The van der Waals surface area contributed by atoms with Gasteiger partial charge in [-0.25, -0.2) is 4.99 Å². The molecule has 1 unspecified atom stereocenters. The molecule has 2 saturated heterocycles. The van der Waals surface area contributed by atoms with E-state index in [4.69, 9.17) is 0 Å². The minimum Gasteiger partial charge on any atom is -0.329 e. The van der Waals surface area contributed by atoms with Crippen molar-refractivity contribution in [3.05, 3.63) is 0 Å². The van der Waals surface area contributed by atoms with E-state index >= 15 is 0 Å². The number of nitrogens with one attached hydrogen (secondary N) is 1. The number of carbonyl (C=O) groups excluding carboxylic acids is 2. The molecule has 0 bridgehead atoms. The number of β-lactam (4-membered cyclic amide) rings is 1. The minimum atomic E-state index is -0.346. The molecule has 0 radical (unpaired) electrons. The zero-order valence-electron chi connectivity index (χ0n) is 7.95. The van der Waals surface area contributed by atoms with E-state index in [0.29, 0.717) is 6.54 Å². The molecular formula is C9H13N3O2. The van der Waals surface area contributed by atoms with E-state index in [9.17, 15) is 9.59 Å². The number of amides is 2. The summed E-state index contributed by atoms with van der Waals surface area (Å²) >= 11 is 0. The van der Waals surface area contributed by atoms with Gasteiger partial charge < -0.3 is 10.2 Å². The van der Waals surface area contributed by atoms with E-state index in [1.54, 1.807) is 0 Å². The second-order valence-corrected chi connectivity index (χ2v) is 3.83. The Kier molecular flexibility index (Phi) is 2.11. The molecule has 0 aromatic rings. The summed E-state index contributed by atoms with van der Waals surface area (Å²) in [6.07, 6.45) is 1.92. The fourth-order valence-electron chi connectivity index (χ4n) is 2.14. The van der Waals surface area contributed by atoms with E-state index in [0.717, 1.165) is 19.4 Å². The maximum absolute atomic E-state index is 11.7. The molecule has 1 N–H and O–H groups in total. The molecule has 5 heteroatoms. The summed E-state index contributed by atoms with van der Waals surface area (Å²) in [6.45, 7) is 4.74. The molecule has 2 amide bonds. The Morgan fingerprint density at radius 1 is 1.71 bits per heavy atom. The van der Waals surface area contributed by atoms with Crippen LogP contribution in [0, 0.1) is 0 Å². The van der Waals surface area contributed by atoms with E-state index in [1.165, 1.54) is 4.90 Å². The summed E-state index contributed by atoms with van der Waals surface area (Å²) in [4.78, 5) is 27.4. The highest BCUT2D eigenvalue weighted by atomic mass is 16.2. The van der Waals surface area contributed by atoms with Crippen LogP contribution in [0.3, 0.4) is 0 Å². The fraction of sp³-hybridized carbons (Fsp3) is 0.667. The maximum Gasteiger partial charge on any atom is 0.264 e. The Labute approximate surface area is 82.2 Å². The van der Waals surface area contributed by atoms with Crippen LogP contribution in [-0.2, 0) is 9.59 Å². The number of carbonyl (C=O) groups is 2. The molecule has 2 rings (SSSR count). The number of hydrogen-bond donors (Lipinski definition) is 1. The second-order valence-electron chi connectivity index (χ2n) is 3.83. The number of rotatable bonds is 2. The average molecular weight is 195 g/mol. The van der Waals surface area contributed by atoms with Crippen LogP contribution in [0.4, 0.5) is 0 Å². The molecule has 0 aliphatic carbocycles. The lowest BCUT2D eigenvalue weighted by molar-refractivity contribution is -0.154. The highest BCUT2D eigenvalue weighted by molar-refractivity contribution is 5.96. The van der Waals surface area contributed by atoms with Crippen LogP contribution in [0.5, 0.6) is 0 Å². The molecule has 1 spiro atoms. The highest BCUT2D eigenvalue weighted by Gasteiger charge is 2.53. The Morgan fingerprint density at radius 2 is 2.50 bits per heavy atom. The zero-order valence-corrected chi connectivity index (χ0v) is 7.95. The normalized spacial score (nSPS) is 30.6. The molecule has 2 fully saturated rings. The Hall–Kier alpha value is -1.23. The van der Waals surface area contributed by atoms with Crippen LogP contribution in [0.1, 0.15) is 12.8 Å². The molecule has 1 atom stereocenters. The number of hydrogen-bond acceptors (Lipinski definition) is 3. The van der Waals surface area contributed by atoms with Crippen molar-refractivity contribution in [1.29, 1.82) is 0 Å². The Bertz CT molecular complexity index is 294. The van der Waals surface area contributed by atoms with Gasteiger partial charge in [-0.2, -0.15) is 0 Å². The zero-order chi connectivity index (χ0) is 10.2. The van der Waals surface area contributed by atoms with Crippen molar-refractivity contribution in [2.75, 3.05) is 19.6 Å². The first-order valence-electron chi connectivity index (χ1n) is 4.72. The first kappa shape index (κ1) is 9.33. The molecule has 2 heterocycles. The molecule has 0 aromatic carbocycles. The van der Waals surface area contributed by atoms with Crippen molar-refractivity contribution in [3.8, 4) is 0 Å². The van der Waals surface area contributed by atoms with Gasteiger partial charge in [0.15, 0.2) is 0 Å². The van der Waals surface area contributed by atoms with Gasteiger partial charge in [-0.15, -0.1) is 0 Å². The van der Waals surface area contributed by atoms with E-state index in [1.807, 2.05) is 0 Å². The SMILES string of the molecule is C=NC(=O)CN1CC2(CCCN2)C1=O. The number of aliphatic imine (C=N–C) groups is 1. The van der Waals surface area contributed by atoms with Crippen LogP contribution in [0.25, 0.3) is 0 Å². The molecule has 5 nitrogen and oxygen atoms in total. The van der Waals surface area contributed by atoms with Crippen molar-refractivity contribution in [1.82, 2.24) is 10.2 Å². The van der Waals surface area contributed by atoms with Crippen molar-refractivity contribution < 1.29 is 9.59 Å². The van der Waals surface area contributed by atoms with E-state index < -0.39 is 0 Å². The smallest absolute Gasteiger partial charge is 0.264 e. The summed E-state index contributed by atoms with van der Waals surface area (Å²) in [7, 11) is 0. The lowest BCUT2D eigenvalue weighted by Gasteiger charge is -2.46. The minimum absolute atomic E-state index is 0.0343. The van der Waals surface area contributed by atoms with Gasteiger partial charge in [-0.3, -0.25) is 9.59 Å². The van der Waals surface area contributed by atoms with E-state index in [-0.39, 0.29) is 23.9 Å². The van der Waals surface area contributed by atoms with Crippen LogP contribution >= 0.6 is 0 Å². The van der Waals surface area contributed by atoms with Gasteiger partial charge in [-0.05, 0) is 26.1 Å². The summed E-state index contributed by atoms with van der Waals surface area (Å²) in [5, 5.41) is 3.19. The van der Waals surface area contributed by atoms with E-state index in [2.05, 4.69) is 17.0 Å². The molecule has 0 aromatic heterocycles. The van der Waals surface area contributed by atoms with Crippen molar-refractivity contribution in [2.45, 2.75) is 18.4 Å². The van der Waals surface area contributed by atoms with Crippen LogP contribution in [-0.4, -0.2) is 48.6 Å². The van der Waals surface area contributed by atoms with Crippen molar-refractivity contribution in [2.24, 2.45) is 4.99 Å². The van der Waals surface area contributed by atoms with Gasteiger partial charge in [0.1, 0.15) is 12.1 Å². The molecule has 2 aliphatic rings. The van der Waals surface area contributed by atoms with Crippen LogP contribution in [0.2, 0.25) is 0 Å². The third-order valence-corrected chi connectivity index (χ3v) is 2.90. The Balaban J connectivity index is 1.93. The summed E-state index contributed by atoms with van der Waals surface area (Å²) in [6, 6.07) is 0. The van der Waals surface area contributed by atoms with Gasteiger partial charge in [0, 0.05) is 6.54 Å².